The highest BCUT2D eigenvalue weighted by molar-refractivity contribution is 4.87. The molecule has 0 bridgehead atoms. The molecule has 2 aliphatic carbocycles. The lowest BCUT2D eigenvalue weighted by atomic mass is 9.78. The average molecular weight is 295 g/mol. The van der Waals surface area contributed by atoms with E-state index in [1.165, 1.54) is 77.4 Å². The van der Waals surface area contributed by atoms with Crippen LogP contribution < -0.4 is 5.32 Å². The summed E-state index contributed by atoms with van der Waals surface area (Å²) in [6.45, 7) is 10.9. The maximum atomic E-state index is 3.85. The quantitative estimate of drug-likeness (QED) is 0.746. The second-order valence-corrected chi connectivity index (χ2v) is 7.62. The normalized spacial score (nSPS) is 31.7. The Bertz CT molecular complexity index is 271. The summed E-state index contributed by atoms with van der Waals surface area (Å²) >= 11 is 0. The number of nitrogens with one attached hydrogen (secondary N) is 1. The van der Waals surface area contributed by atoms with E-state index in [0.29, 0.717) is 0 Å². The maximum Gasteiger partial charge on any atom is 0.0108 e. The molecule has 1 N–H and O–H groups in total. The number of nitrogens with zero attached hydrogens (tertiary/aromatic N) is 1. The summed E-state index contributed by atoms with van der Waals surface area (Å²) in [5.74, 6) is 1.81. The molecule has 0 heterocycles. The lowest BCUT2D eigenvalue weighted by molar-refractivity contribution is 0.0995. The van der Waals surface area contributed by atoms with E-state index in [4.69, 9.17) is 0 Å². The van der Waals surface area contributed by atoms with Gasteiger partial charge in [0.1, 0.15) is 0 Å². The Morgan fingerprint density at radius 3 is 2.43 bits per heavy atom. The molecule has 0 aromatic heterocycles. The van der Waals surface area contributed by atoms with Gasteiger partial charge in [-0.25, -0.2) is 0 Å². The summed E-state index contributed by atoms with van der Waals surface area (Å²) in [4.78, 5) is 2.82. The third-order valence-corrected chi connectivity index (χ3v) is 5.87. The minimum absolute atomic E-state index is 0.777. The molecule has 0 spiro atoms. The van der Waals surface area contributed by atoms with Gasteiger partial charge in [0, 0.05) is 18.6 Å². The van der Waals surface area contributed by atoms with Crippen LogP contribution >= 0.6 is 0 Å². The summed E-state index contributed by atoms with van der Waals surface area (Å²) in [5.41, 5.74) is 0. The van der Waals surface area contributed by atoms with Gasteiger partial charge in [-0.1, -0.05) is 40.0 Å². The average Bonchev–Trinajstić information content (AvgIpc) is 2.52. The zero-order valence-corrected chi connectivity index (χ0v) is 14.7. The van der Waals surface area contributed by atoms with Crippen molar-refractivity contribution in [3.05, 3.63) is 0 Å². The van der Waals surface area contributed by atoms with Crippen LogP contribution in [-0.2, 0) is 0 Å². The number of rotatable bonds is 7. The molecule has 0 aromatic carbocycles. The molecule has 3 atom stereocenters. The highest BCUT2D eigenvalue weighted by Gasteiger charge is 2.31. The summed E-state index contributed by atoms with van der Waals surface area (Å²) in [6, 6.07) is 1.66. The van der Waals surface area contributed by atoms with Crippen LogP contribution in [0, 0.1) is 11.8 Å². The van der Waals surface area contributed by atoms with Crippen molar-refractivity contribution in [2.75, 3.05) is 19.6 Å². The van der Waals surface area contributed by atoms with Crippen LogP contribution in [0.4, 0.5) is 0 Å². The third-order valence-electron chi connectivity index (χ3n) is 5.87. The van der Waals surface area contributed by atoms with E-state index in [1.807, 2.05) is 0 Å². The van der Waals surface area contributed by atoms with Crippen molar-refractivity contribution in [2.45, 2.75) is 90.6 Å². The summed E-state index contributed by atoms with van der Waals surface area (Å²) < 4.78 is 0. The lowest BCUT2D eigenvalue weighted by Crippen LogP contribution is -2.48. The summed E-state index contributed by atoms with van der Waals surface area (Å²) in [5, 5.41) is 3.85. The van der Waals surface area contributed by atoms with E-state index in [2.05, 4.69) is 31.0 Å². The molecule has 3 unspecified atom stereocenters. The fourth-order valence-corrected chi connectivity index (χ4v) is 4.58. The molecule has 2 nitrogen and oxygen atoms in total. The van der Waals surface area contributed by atoms with Crippen molar-refractivity contribution in [1.29, 1.82) is 0 Å². The minimum atomic E-state index is 0.777. The van der Waals surface area contributed by atoms with Gasteiger partial charge < -0.3 is 10.2 Å². The monoisotopic (exact) mass is 294 g/mol. The molecule has 124 valence electrons. The van der Waals surface area contributed by atoms with Crippen LogP contribution in [0.25, 0.3) is 0 Å². The molecular weight excluding hydrogens is 256 g/mol. The number of hydrogen-bond acceptors (Lipinski definition) is 2. The van der Waals surface area contributed by atoms with E-state index in [0.717, 1.165) is 23.9 Å². The van der Waals surface area contributed by atoms with Crippen LogP contribution in [0.5, 0.6) is 0 Å². The van der Waals surface area contributed by atoms with Gasteiger partial charge in [-0.05, 0) is 63.5 Å². The van der Waals surface area contributed by atoms with Crippen LogP contribution in [0.2, 0.25) is 0 Å². The predicted octanol–water partition coefficient (Wildman–Crippen LogP) is 4.45. The highest BCUT2D eigenvalue weighted by Crippen LogP contribution is 2.31. The molecule has 0 aromatic rings. The fraction of sp³-hybridized carbons (Fsp3) is 1.00. The van der Waals surface area contributed by atoms with Crippen molar-refractivity contribution in [1.82, 2.24) is 10.2 Å². The van der Waals surface area contributed by atoms with Crippen LogP contribution in [0.3, 0.4) is 0 Å². The first-order valence-corrected chi connectivity index (χ1v) is 9.72. The molecule has 21 heavy (non-hydrogen) atoms. The first-order chi connectivity index (χ1) is 10.2. The fourth-order valence-electron chi connectivity index (χ4n) is 4.58. The Morgan fingerprint density at radius 2 is 1.76 bits per heavy atom. The van der Waals surface area contributed by atoms with Crippen molar-refractivity contribution >= 4 is 0 Å². The van der Waals surface area contributed by atoms with Gasteiger partial charge in [0.05, 0.1) is 0 Å². The number of hydrogen-bond donors (Lipinski definition) is 1. The molecule has 2 fully saturated rings. The SMILES string of the molecule is CCCNC1CCC(C)CC1CN(CC)C1CCCCC1. The molecular formula is C19H38N2. The molecule has 2 rings (SSSR count). The summed E-state index contributed by atoms with van der Waals surface area (Å²) in [7, 11) is 0. The molecule has 2 saturated carbocycles. The Balaban J connectivity index is 1.91. The minimum Gasteiger partial charge on any atom is -0.314 e. The Hall–Kier alpha value is -0.0800. The van der Waals surface area contributed by atoms with Gasteiger partial charge in [0.2, 0.25) is 0 Å². The van der Waals surface area contributed by atoms with Gasteiger partial charge >= 0.3 is 0 Å². The standard InChI is InChI=1S/C19H38N2/c1-4-13-20-19-12-11-16(3)14-17(19)15-21(5-2)18-9-7-6-8-10-18/h16-20H,4-15H2,1-3H3. The smallest absolute Gasteiger partial charge is 0.0108 e. The van der Waals surface area contributed by atoms with Gasteiger partial charge in [-0.3, -0.25) is 0 Å². The first kappa shape index (κ1) is 17.3. The van der Waals surface area contributed by atoms with Gasteiger partial charge in [-0.2, -0.15) is 0 Å². The van der Waals surface area contributed by atoms with Crippen molar-refractivity contribution < 1.29 is 0 Å². The van der Waals surface area contributed by atoms with Crippen LogP contribution in [0.15, 0.2) is 0 Å². The van der Waals surface area contributed by atoms with Gasteiger partial charge in [-0.15, -0.1) is 0 Å². The molecule has 2 aliphatic rings. The molecule has 0 aliphatic heterocycles. The van der Waals surface area contributed by atoms with E-state index < -0.39 is 0 Å². The van der Waals surface area contributed by atoms with Crippen molar-refractivity contribution in [2.24, 2.45) is 11.8 Å². The Kier molecular flexibility index (Phi) is 7.53. The van der Waals surface area contributed by atoms with E-state index in [-0.39, 0.29) is 0 Å². The van der Waals surface area contributed by atoms with Gasteiger partial charge in [0.15, 0.2) is 0 Å². The largest absolute Gasteiger partial charge is 0.314 e. The van der Waals surface area contributed by atoms with Gasteiger partial charge in [0.25, 0.3) is 0 Å². The lowest BCUT2D eigenvalue weighted by Gasteiger charge is -2.41. The van der Waals surface area contributed by atoms with Crippen molar-refractivity contribution in [3.63, 3.8) is 0 Å². The summed E-state index contributed by atoms with van der Waals surface area (Å²) in [6.07, 6.45) is 12.8. The van der Waals surface area contributed by atoms with E-state index in [9.17, 15) is 0 Å². The first-order valence-electron chi connectivity index (χ1n) is 9.72. The Labute approximate surface area is 133 Å². The third kappa shape index (κ3) is 5.25. The zero-order chi connectivity index (χ0) is 15.1. The highest BCUT2D eigenvalue weighted by atomic mass is 15.2. The van der Waals surface area contributed by atoms with E-state index in [1.54, 1.807) is 0 Å². The second kappa shape index (κ2) is 9.15. The molecule has 0 radical (unpaired) electrons. The zero-order valence-electron chi connectivity index (χ0n) is 14.7. The van der Waals surface area contributed by atoms with Crippen molar-refractivity contribution in [3.8, 4) is 0 Å². The van der Waals surface area contributed by atoms with Crippen LogP contribution in [-0.4, -0.2) is 36.6 Å². The second-order valence-electron chi connectivity index (χ2n) is 7.62. The van der Waals surface area contributed by atoms with E-state index >= 15 is 0 Å². The predicted molar refractivity (Wildman–Crippen MR) is 92.7 cm³/mol. The van der Waals surface area contributed by atoms with Crippen LogP contribution in [0.1, 0.15) is 78.6 Å². The Morgan fingerprint density at radius 1 is 1.00 bits per heavy atom. The molecule has 0 amide bonds. The maximum absolute atomic E-state index is 3.85. The topological polar surface area (TPSA) is 15.3 Å². The molecule has 0 saturated heterocycles. The molecule has 2 heteroatoms.